The molecule has 2 unspecified atom stereocenters. The van der Waals surface area contributed by atoms with Crippen molar-refractivity contribution in [1.29, 1.82) is 0 Å². The number of carbonyl (C=O) groups is 1. The predicted molar refractivity (Wildman–Crippen MR) is 142 cm³/mol. The molecule has 3 aromatic heterocycles. The Labute approximate surface area is 222 Å². The van der Waals surface area contributed by atoms with E-state index in [2.05, 4.69) is 38.2 Å². The van der Waals surface area contributed by atoms with Gasteiger partial charge >= 0.3 is 5.97 Å². The van der Waals surface area contributed by atoms with Crippen LogP contribution < -0.4 is 4.90 Å². The van der Waals surface area contributed by atoms with Gasteiger partial charge in [-0.1, -0.05) is 40.5 Å². The Morgan fingerprint density at radius 3 is 2.57 bits per heavy atom. The van der Waals surface area contributed by atoms with Crippen molar-refractivity contribution in [2.24, 2.45) is 17.8 Å². The fraction of sp³-hybridized carbons (Fsp3) is 0.286. The molecule has 1 aliphatic heterocycles. The molecule has 1 saturated heterocycles. The second-order valence-electron chi connectivity index (χ2n) is 10.1. The third-order valence-corrected chi connectivity index (χ3v) is 8.43. The number of halogens is 2. The van der Waals surface area contributed by atoms with Crippen molar-refractivity contribution in [3.05, 3.63) is 76.0 Å². The molecule has 3 aliphatic rings. The lowest BCUT2D eigenvalue weighted by molar-refractivity contribution is 0.0693. The number of rotatable bonds is 6. The summed E-state index contributed by atoms with van der Waals surface area (Å²) in [4.78, 5) is 21.9. The molecule has 2 aliphatic carbocycles. The number of nitrogens with zero attached hydrogens (tertiary/aromatic N) is 4. The Morgan fingerprint density at radius 1 is 1.11 bits per heavy atom. The molecule has 2 saturated carbocycles. The van der Waals surface area contributed by atoms with Crippen LogP contribution in [0.4, 0.5) is 5.69 Å². The van der Waals surface area contributed by atoms with Gasteiger partial charge in [0.25, 0.3) is 0 Å². The van der Waals surface area contributed by atoms with Crippen LogP contribution in [0.2, 0.25) is 10.0 Å². The summed E-state index contributed by atoms with van der Waals surface area (Å²) in [6.07, 6.45) is 11.4. The average molecular weight is 533 g/mol. The van der Waals surface area contributed by atoms with Crippen LogP contribution in [0.3, 0.4) is 0 Å². The SMILES string of the molecule is O=C(O)c1nccc2cc(N3CC4C(C=Cc5c(-c6c(Cl)cncc6Cl)noc5C5CC5)C4C3)ccc12. The minimum atomic E-state index is -1.01. The van der Waals surface area contributed by atoms with Crippen LogP contribution in [0.1, 0.15) is 40.6 Å². The van der Waals surface area contributed by atoms with Crippen molar-refractivity contribution in [1.82, 2.24) is 15.1 Å². The highest BCUT2D eigenvalue weighted by Gasteiger charge is 2.54. The number of hydrogen-bond acceptors (Lipinski definition) is 6. The van der Waals surface area contributed by atoms with Crippen LogP contribution in [0.25, 0.3) is 28.1 Å². The number of aromatic carboxylic acids is 1. The van der Waals surface area contributed by atoms with E-state index >= 15 is 0 Å². The molecule has 7 nitrogen and oxygen atoms in total. The van der Waals surface area contributed by atoms with Crippen molar-refractivity contribution in [3.63, 3.8) is 0 Å². The van der Waals surface area contributed by atoms with E-state index in [1.807, 2.05) is 18.2 Å². The van der Waals surface area contributed by atoms with Crippen molar-refractivity contribution in [2.45, 2.75) is 18.8 Å². The van der Waals surface area contributed by atoms with Gasteiger partial charge < -0.3 is 14.5 Å². The summed E-state index contributed by atoms with van der Waals surface area (Å²) in [5, 5.41) is 16.2. The monoisotopic (exact) mass is 532 g/mol. The number of pyridine rings is 2. The summed E-state index contributed by atoms with van der Waals surface area (Å²) in [7, 11) is 0. The Balaban J connectivity index is 1.11. The fourth-order valence-electron chi connectivity index (χ4n) is 5.74. The average Bonchev–Trinajstić information content (AvgIpc) is 3.75. The molecule has 0 amide bonds. The molecule has 186 valence electrons. The number of hydrogen-bond donors (Lipinski definition) is 1. The van der Waals surface area contributed by atoms with Crippen LogP contribution >= 0.6 is 23.2 Å². The second-order valence-corrected chi connectivity index (χ2v) is 10.9. The van der Waals surface area contributed by atoms with Gasteiger partial charge in [0.1, 0.15) is 11.5 Å². The van der Waals surface area contributed by atoms with Gasteiger partial charge in [-0.3, -0.25) is 4.98 Å². The summed E-state index contributed by atoms with van der Waals surface area (Å²) in [5.41, 5.74) is 3.51. The highest BCUT2D eigenvalue weighted by Crippen LogP contribution is 2.54. The van der Waals surface area contributed by atoms with Crippen molar-refractivity contribution in [3.8, 4) is 11.3 Å². The fourth-order valence-corrected chi connectivity index (χ4v) is 6.28. The molecule has 9 heteroatoms. The maximum atomic E-state index is 11.5. The zero-order chi connectivity index (χ0) is 25.3. The number of benzene rings is 1. The molecule has 0 bridgehead atoms. The van der Waals surface area contributed by atoms with Gasteiger partial charge in [0.05, 0.1) is 10.0 Å². The molecule has 4 heterocycles. The summed E-state index contributed by atoms with van der Waals surface area (Å²) >= 11 is 12.9. The number of carboxylic acid groups (broad SMARTS) is 1. The normalized spacial score (nSPS) is 22.6. The third kappa shape index (κ3) is 3.88. The van der Waals surface area contributed by atoms with Crippen LogP contribution in [-0.4, -0.2) is 39.3 Å². The van der Waals surface area contributed by atoms with E-state index in [4.69, 9.17) is 27.7 Å². The van der Waals surface area contributed by atoms with E-state index < -0.39 is 5.97 Å². The summed E-state index contributed by atoms with van der Waals surface area (Å²) in [6.45, 7) is 1.94. The van der Waals surface area contributed by atoms with Gasteiger partial charge in [-0.25, -0.2) is 9.78 Å². The number of allylic oxidation sites excluding steroid dienone is 1. The molecule has 2 atom stereocenters. The first kappa shape index (κ1) is 22.8. The molecule has 4 aromatic rings. The first-order valence-corrected chi connectivity index (χ1v) is 13.1. The number of carboxylic acids is 1. The molecule has 0 spiro atoms. The highest BCUT2D eigenvalue weighted by atomic mass is 35.5. The third-order valence-electron chi connectivity index (χ3n) is 7.86. The lowest BCUT2D eigenvalue weighted by atomic mass is 10.0. The minimum absolute atomic E-state index is 0.0894. The second kappa shape index (κ2) is 8.57. The first-order chi connectivity index (χ1) is 18.0. The van der Waals surface area contributed by atoms with Crippen LogP contribution in [0.15, 0.2) is 53.5 Å². The zero-order valence-corrected chi connectivity index (χ0v) is 21.2. The number of fused-ring (bicyclic) bond motifs is 2. The van der Waals surface area contributed by atoms with Crippen LogP contribution in [0.5, 0.6) is 0 Å². The quantitative estimate of drug-likeness (QED) is 0.300. The predicted octanol–water partition coefficient (Wildman–Crippen LogP) is 6.56. The standard InChI is InChI=1S/C28H22Cl2N4O3/c29-22-10-31-11-23(30)24(22)25-19(27(37-33-25)14-1-2-14)6-5-18-20-12-34(13-21(18)20)16-3-4-17-15(9-16)7-8-32-26(17)28(35)36/h3-11,14,18,20-21H,1-2,12-13H2,(H,35,36). The van der Waals surface area contributed by atoms with Gasteiger partial charge in [0, 0.05) is 59.8 Å². The molecule has 1 aromatic carbocycles. The molecule has 7 rings (SSSR count). The van der Waals surface area contributed by atoms with E-state index in [1.165, 1.54) is 0 Å². The van der Waals surface area contributed by atoms with Gasteiger partial charge in [0.15, 0.2) is 5.69 Å². The maximum Gasteiger partial charge on any atom is 0.355 e. The largest absolute Gasteiger partial charge is 0.476 e. The highest BCUT2D eigenvalue weighted by molar-refractivity contribution is 6.39. The van der Waals surface area contributed by atoms with E-state index in [9.17, 15) is 9.90 Å². The minimum Gasteiger partial charge on any atom is -0.476 e. The molecule has 3 fully saturated rings. The first-order valence-electron chi connectivity index (χ1n) is 12.3. The van der Waals surface area contributed by atoms with Crippen LogP contribution in [0, 0.1) is 17.8 Å². The Morgan fingerprint density at radius 2 is 1.86 bits per heavy atom. The maximum absolute atomic E-state index is 11.5. The Bertz CT molecular complexity index is 1560. The Kier molecular flexibility index (Phi) is 5.27. The number of anilines is 1. The van der Waals surface area contributed by atoms with Gasteiger partial charge in [-0.15, -0.1) is 0 Å². The summed E-state index contributed by atoms with van der Waals surface area (Å²) in [5.74, 6) is 1.97. The lowest BCUT2D eigenvalue weighted by Crippen LogP contribution is -2.23. The molecule has 1 N–H and O–H groups in total. The molecular weight excluding hydrogens is 511 g/mol. The number of piperidine rings is 1. The smallest absolute Gasteiger partial charge is 0.355 e. The van der Waals surface area contributed by atoms with E-state index in [1.54, 1.807) is 18.6 Å². The van der Waals surface area contributed by atoms with Crippen LogP contribution in [-0.2, 0) is 0 Å². The van der Waals surface area contributed by atoms with E-state index in [0.717, 1.165) is 48.3 Å². The van der Waals surface area contributed by atoms with Gasteiger partial charge in [0.2, 0.25) is 0 Å². The Hall–Kier alpha value is -3.42. The molecule has 0 radical (unpaired) electrons. The summed E-state index contributed by atoms with van der Waals surface area (Å²) in [6, 6.07) is 7.79. The van der Waals surface area contributed by atoms with Crippen molar-refractivity contribution in [2.75, 3.05) is 18.0 Å². The van der Waals surface area contributed by atoms with Crippen molar-refractivity contribution < 1.29 is 14.4 Å². The van der Waals surface area contributed by atoms with Gasteiger partial charge in [-0.2, -0.15) is 0 Å². The number of aromatic nitrogens is 3. The molecule has 37 heavy (non-hydrogen) atoms. The summed E-state index contributed by atoms with van der Waals surface area (Å²) < 4.78 is 5.78. The topological polar surface area (TPSA) is 92.3 Å². The van der Waals surface area contributed by atoms with Crippen molar-refractivity contribution >= 4 is 51.7 Å². The van der Waals surface area contributed by atoms with Gasteiger partial charge in [-0.05, 0) is 60.2 Å². The lowest BCUT2D eigenvalue weighted by Gasteiger charge is -2.22. The zero-order valence-electron chi connectivity index (χ0n) is 19.6. The van der Waals surface area contributed by atoms with E-state index in [0.29, 0.717) is 50.4 Å². The van der Waals surface area contributed by atoms with E-state index in [-0.39, 0.29) is 5.69 Å². The molecular formula is C28H22Cl2N4O3.